The van der Waals surface area contributed by atoms with E-state index in [4.69, 9.17) is 4.74 Å². The number of benzene rings is 2. The van der Waals surface area contributed by atoms with Gasteiger partial charge in [0.1, 0.15) is 11.6 Å². The molecule has 0 aliphatic carbocycles. The summed E-state index contributed by atoms with van der Waals surface area (Å²) in [5, 5.41) is 3.20. The molecule has 0 saturated heterocycles. The maximum atomic E-state index is 14.3. The zero-order chi connectivity index (χ0) is 15.6. The first-order valence-corrected chi connectivity index (χ1v) is 7.54. The van der Waals surface area contributed by atoms with Crippen molar-refractivity contribution < 1.29 is 9.13 Å². The van der Waals surface area contributed by atoms with Crippen molar-refractivity contribution in [2.75, 3.05) is 14.2 Å². The van der Waals surface area contributed by atoms with E-state index in [1.54, 1.807) is 13.2 Å². The van der Waals surface area contributed by atoms with Gasteiger partial charge in [-0.25, -0.2) is 4.39 Å². The molecule has 0 aliphatic rings. The molecule has 2 aromatic carbocycles. The summed E-state index contributed by atoms with van der Waals surface area (Å²) >= 11 is 3.29. The van der Waals surface area contributed by atoms with Crippen molar-refractivity contribution in [3.8, 4) is 5.75 Å². The molecule has 2 nitrogen and oxygen atoms in total. The van der Waals surface area contributed by atoms with Crippen LogP contribution in [0.25, 0.3) is 0 Å². The van der Waals surface area contributed by atoms with E-state index in [9.17, 15) is 4.39 Å². The summed E-state index contributed by atoms with van der Waals surface area (Å²) in [6.45, 7) is 4.00. The summed E-state index contributed by atoms with van der Waals surface area (Å²) in [6.07, 6.45) is 0. The van der Waals surface area contributed by atoms with Crippen LogP contribution in [0.1, 0.15) is 28.3 Å². The molecule has 0 saturated carbocycles. The molecule has 2 aromatic rings. The SMILES string of the molecule is CNC(c1cc(C)c(OC)cc1C)c1ccc(Br)cc1F. The van der Waals surface area contributed by atoms with Gasteiger partial charge < -0.3 is 10.1 Å². The van der Waals surface area contributed by atoms with Crippen molar-refractivity contribution in [1.82, 2.24) is 5.32 Å². The molecule has 0 heterocycles. The highest BCUT2D eigenvalue weighted by molar-refractivity contribution is 9.10. The lowest BCUT2D eigenvalue weighted by atomic mass is 9.93. The normalized spacial score (nSPS) is 12.3. The molecule has 21 heavy (non-hydrogen) atoms. The molecule has 0 aliphatic heterocycles. The van der Waals surface area contributed by atoms with E-state index in [-0.39, 0.29) is 11.9 Å². The first-order valence-electron chi connectivity index (χ1n) is 6.75. The third-order valence-electron chi connectivity index (χ3n) is 3.66. The van der Waals surface area contributed by atoms with Crippen molar-refractivity contribution in [2.45, 2.75) is 19.9 Å². The van der Waals surface area contributed by atoms with Crippen molar-refractivity contribution in [2.24, 2.45) is 0 Å². The molecule has 0 radical (unpaired) electrons. The van der Waals surface area contributed by atoms with Crippen LogP contribution in [0, 0.1) is 19.7 Å². The van der Waals surface area contributed by atoms with Gasteiger partial charge >= 0.3 is 0 Å². The number of hydrogen-bond donors (Lipinski definition) is 1. The van der Waals surface area contributed by atoms with Gasteiger partial charge in [-0.2, -0.15) is 0 Å². The molecule has 2 rings (SSSR count). The van der Waals surface area contributed by atoms with E-state index in [0.29, 0.717) is 5.56 Å². The molecule has 0 bridgehead atoms. The Balaban J connectivity index is 2.53. The molecule has 1 N–H and O–H groups in total. The third-order valence-corrected chi connectivity index (χ3v) is 4.15. The summed E-state index contributed by atoms with van der Waals surface area (Å²) < 4.78 is 20.3. The topological polar surface area (TPSA) is 21.3 Å². The van der Waals surface area contributed by atoms with E-state index in [0.717, 1.165) is 26.9 Å². The maximum Gasteiger partial charge on any atom is 0.129 e. The minimum atomic E-state index is -0.225. The zero-order valence-electron chi connectivity index (χ0n) is 12.6. The average molecular weight is 352 g/mol. The average Bonchev–Trinajstić information content (AvgIpc) is 2.45. The Morgan fingerprint density at radius 1 is 1.10 bits per heavy atom. The van der Waals surface area contributed by atoms with Gasteiger partial charge in [-0.15, -0.1) is 0 Å². The van der Waals surface area contributed by atoms with Gasteiger partial charge in [0.25, 0.3) is 0 Å². The number of rotatable bonds is 4. The van der Waals surface area contributed by atoms with Crippen LogP contribution in [-0.4, -0.2) is 14.2 Å². The Kier molecular flexibility index (Phi) is 5.01. The molecule has 1 unspecified atom stereocenters. The standard InChI is InChI=1S/C17H19BrFNO/c1-10-8-16(21-4)11(2)7-14(10)17(20-3)13-6-5-12(18)9-15(13)19/h5-9,17,20H,1-4H3. The lowest BCUT2D eigenvalue weighted by Crippen LogP contribution is -2.20. The van der Waals surface area contributed by atoms with Gasteiger partial charge in [0.05, 0.1) is 13.2 Å². The van der Waals surface area contributed by atoms with Crippen LogP contribution in [0.2, 0.25) is 0 Å². The minimum absolute atomic E-state index is 0.192. The van der Waals surface area contributed by atoms with Gasteiger partial charge in [0.15, 0.2) is 0 Å². The fourth-order valence-corrected chi connectivity index (χ4v) is 2.89. The van der Waals surface area contributed by atoms with Crippen LogP contribution in [0.4, 0.5) is 4.39 Å². The first-order chi connectivity index (χ1) is 9.97. The van der Waals surface area contributed by atoms with Gasteiger partial charge in [-0.05, 0) is 55.8 Å². The molecule has 0 fully saturated rings. The number of nitrogens with one attached hydrogen (secondary N) is 1. The van der Waals surface area contributed by atoms with Gasteiger partial charge in [0.2, 0.25) is 0 Å². The number of aryl methyl sites for hydroxylation is 2. The van der Waals surface area contributed by atoms with Crippen molar-refractivity contribution in [1.29, 1.82) is 0 Å². The van der Waals surface area contributed by atoms with E-state index in [1.165, 1.54) is 6.07 Å². The quantitative estimate of drug-likeness (QED) is 0.873. The van der Waals surface area contributed by atoms with Crippen molar-refractivity contribution >= 4 is 15.9 Å². The molecule has 0 spiro atoms. The predicted octanol–water partition coefficient (Wildman–Crippen LogP) is 4.52. The Morgan fingerprint density at radius 2 is 1.81 bits per heavy atom. The summed E-state index contributed by atoms with van der Waals surface area (Å²) in [6, 6.07) is 9.00. The Bertz CT molecular complexity index is 657. The maximum absolute atomic E-state index is 14.3. The zero-order valence-corrected chi connectivity index (χ0v) is 14.2. The van der Waals surface area contributed by atoms with E-state index in [1.807, 2.05) is 33.0 Å². The molecule has 0 amide bonds. The second-order valence-electron chi connectivity index (χ2n) is 5.07. The largest absolute Gasteiger partial charge is 0.496 e. The third kappa shape index (κ3) is 3.27. The van der Waals surface area contributed by atoms with Crippen LogP contribution >= 0.6 is 15.9 Å². The fourth-order valence-electron chi connectivity index (χ4n) is 2.56. The monoisotopic (exact) mass is 351 g/mol. The molecule has 112 valence electrons. The predicted molar refractivity (Wildman–Crippen MR) is 87.5 cm³/mol. The van der Waals surface area contributed by atoms with Crippen LogP contribution in [0.15, 0.2) is 34.8 Å². The second kappa shape index (κ2) is 6.58. The Labute approximate surface area is 133 Å². The Hall–Kier alpha value is -1.39. The number of halogens is 2. The lowest BCUT2D eigenvalue weighted by molar-refractivity contribution is 0.411. The van der Waals surface area contributed by atoms with E-state index in [2.05, 4.69) is 27.3 Å². The molecule has 0 aromatic heterocycles. The van der Waals surface area contributed by atoms with Gasteiger partial charge in [0, 0.05) is 10.0 Å². The van der Waals surface area contributed by atoms with Crippen LogP contribution in [-0.2, 0) is 0 Å². The molecular formula is C17H19BrFNO. The summed E-state index contributed by atoms with van der Waals surface area (Å²) in [7, 11) is 3.50. The Morgan fingerprint density at radius 3 is 2.38 bits per heavy atom. The number of ether oxygens (including phenoxy) is 1. The van der Waals surface area contributed by atoms with Gasteiger partial charge in [-0.3, -0.25) is 0 Å². The second-order valence-corrected chi connectivity index (χ2v) is 5.98. The lowest BCUT2D eigenvalue weighted by Gasteiger charge is -2.21. The summed E-state index contributed by atoms with van der Waals surface area (Å²) in [4.78, 5) is 0. The first kappa shape index (κ1) is 16.0. The summed E-state index contributed by atoms with van der Waals surface area (Å²) in [5.41, 5.74) is 3.79. The van der Waals surface area contributed by atoms with Crippen LogP contribution < -0.4 is 10.1 Å². The molecule has 4 heteroatoms. The molecular weight excluding hydrogens is 333 g/mol. The highest BCUT2D eigenvalue weighted by Gasteiger charge is 2.19. The van der Waals surface area contributed by atoms with E-state index < -0.39 is 0 Å². The van der Waals surface area contributed by atoms with E-state index >= 15 is 0 Å². The van der Waals surface area contributed by atoms with Crippen molar-refractivity contribution in [3.05, 3.63) is 62.9 Å². The van der Waals surface area contributed by atoms with Gasteiger partial charge in [-0.1, -0.05) is 28.1 Å². The smallest absolute Gasteiger partial charge is 0.129 e. The molecule has 1 atom stereocenters. The minimum Gasteiger partial charge on any atom is -0.496 e. The van der Waals surface area contributed by atoms with Crippen molar-refractivity contribution in [3.63, 3.8) is 0 Å². The number of methoxy groups -OCH3 is 1. The van der Waals surface area contributed by atoms with Crippen LogP contribution in [0.5, 0.6) is 5.75 Å². The highest BCUT2D eigenvalue weighted by Crippen LogP contribution is 2.32. The van der Waals surface area contributed by atoms with Crippen LogP contribution in [0.3, 0.4) is 0 Å². The summed E-state index contributed by atoms with van der Waals surface area (Å²) in [5.74, 6) is 0.624. The number of hydrogen-bond acceptors (Lipinski definition) is 2. The fraction of sp³-hybridized carbons (Fsp3) is 0.294. The highest BCUT2D eigenvalue weighted by atomic mass is 79.9.